The molecule has 0 aromatic carbocycles. The molecule has 0 atom stereocenters. The number of hydrogen-bond acceptors (Lipinski definition) is 5. The summed E-state index contributed by atoms with van der Waals surface area (Å²) < 4.78 is 4.86. The first kappa shape index (κ1) is 8.92. The largest absolute Gasteiger partial charge is 0.417 e. The number of aromatic nitrogens is 4. The van der Waals surface area contributed by atoms with Gasteiger partial charge in [0.15, 0.2) is 0 Å². The number of nitrogens with zero attached hydrogens (tertiary/aromatic N) is 4. The fourth-order valence-electron chi connectivity index (χ4n) is 1.41. The molecule has 1 aromatic rings. The first-order valence-electron chi connectivity index (χ1n) is 4.56. The van der Waals surface area contributed by atoms with Crippen LogP contribution in [-0.2, 0) is 0 Å². The van der Waals surface area contributed by atoms with Crippen molar-refractivity contribution in [2.45, 2.75) is 19.3 Å². The number of tetrazole rings is 1. The monoisotopic (exact) mass is 197 g/mol. The summed E-state index contributed by atoms with van der Waals surface area (Å²) in [4.78, 5) is 13.1. The van der Waals surface area contributed by atoms with E-state index in [1.807, 2.05) is 0 Å². The summed E-state index contributed by atoms with van der Waals surface area (Å²) in [6.07, 6.45) is 2.83. The van der Waals surface area contributed by atoms with E-state index in [0.29, 0.717) is 0 Å². The van der Waals surface area contributed by atoms with Crippen molar-refractivity contribution in [1.82, 2.24) is 25.5 Å². The van der Waals surface area contributed by atoms with Gasteiger partial charge in [-0.3, -0.25) is 0 Å². The van der Waals surface area contributed by atoms with Crippen LogP contribution in [0, 0.1) is 0 Å². The van der Waals surface area contributed by atoms with Crippen molar-refractivity contribution in [1.29, 1.82) is 0 Å². The maximum absolute atomic E-state index is 11.4. The van der Waals surface area contributed by atoms with Gasteiger partial charge in [0.1, 0.15) is 0 Å². The third kappa shape index (κ3) is 1.98. The van der Waals surface area contributed by atoms with E-state index >= 15 is 0 Å². The van der Waals surface area contributed by atoms with Gasteiger partial charge in [-0.2, -0.15) is 5.21 Å². The average molecular weight is 197 g/mol. The van der Waals surface area contributed by atoms with Crippen molar-refractivity contribution in [3.05, 3.63) is 0 Å². The van der Waals surface area contributed by atoms with E-state index < -0.39 is 6.09 Å². The first-order chi connectivity index (χ1) is 6.86. The van der Waals surface area contributed by atoms with Gasteiger partial charge in [0, 0.05) is 13.1 Å². The Morgan fingerprint density at radius 2 is 2.14 bits per heavy atom. The molecule has 0 bridgehead atoms. The number of ether oxygens (including phenoxy) is 1. The highest BCUT2D eigenvalue weighted by Gasteiger charge is 2.19. The predicted molar refractivity (Wildman–Crippen MR) is 45.6 cm³/mol. The minimum atomic E-state index is -0.397. The van der Waals surface area contributed by atoms with E-state index in [1.165, 1.54) is 6.42 Å². The van der Waals surface area contributed by atoms with E-state index in [1.54, 1.807) is 4.90 Å². The molecule has 7 heteroatoms. The molecule has 2 rings (SSSR count). The molecule has 1 aliphatic rings. The number of rotatable bonds is 1. The minimum Gasteiger partial charge on any atom is -0.372 e. The smallest absolute Gasteiger partial charge is 0.372 e. The molecule has 1 aliphatic heterocycles. The van der Waals surface area contributed by atoms with Gasteiger partial charge in [-0.1, -0.05) is 10.2 Å². The van der Waals surface area contributed by atoms with Gasteiger partial charge >= 0.3 is 12.1 Å². The Bertz CT molecular complexity index is 293. The van der Waals surface area contributed by atoms with Crippen molar-refractivity contribution in [2.24, 2.45) is 0 Å². The summed E-state index contributed by atoms with van der Waals surface area (Å²) >= 11 is 0. The summed E-state index contributed by atoms with van der Waals surface area (Å²) in [6.45, 7) is 1.49. The lowest BCUT2D eigenvalue weighted by molar-refractivity contribution is 0.139. The molecule has 0 aliphatic carbocycles. The van der Waals surface area contributed by atoms with Crippen LogP contribution in [0.25, 0.3) is 0 Å². The lowest BCUT2D eigenvalue weighted by atomic mass is 10.1. The Labute approximate surface area is 80.4 Å². The molecule has 1 N–H and O–H groups in total. The van der Waals surface area contributed by atoms with Crippen LogP contribution in [0.4, 0.5) is 4.79 Å². The number of carbonyl (C=O) groups excluding carboxylic acids is 1. The molecule has 1 saturated heterocycles. The molecular formula is C7H11N5O2. The van der Waals surface area contributed by atoms with E-state index in [0.717, 1.165) is 25.9 Å². The number of H-pyrrole nitrogens is 1. The Hall–Kier alpha value is -1.66. The van der Waals surface area contributed by atoms with Crippen molar-refractivity contribution >= 4 is 6.09 Å². The van der Waals surface area contributed by atoms with Gasteiger partial charge in [-0.15, -0.1) is 0 Å². The molecule has 14 heavy (non-hydrogen) atoms. The van der Waals surface area contributed by atoms with E-state index in [-0.39, 0.29) is 6.01 Å². The minimum absolute atomic E-state index is 0.0272. The standard InChI is InChI=1S/C7H11N5O2/c13-7(12-4-2-1-3-5-12)14-6-8-10-11-9-6/h1-5H2,(H,8,9,10,11). The number of likely N-dealkylation sites (tertiary alicyclic amines) is 1. The number of amides is 1. The summed E-state index contributed by atoms with van der Waals surface area (Å²) in [5.41, 5.74) is 0. The zero-order valence-corrected chi connectivity index (χ0v) is 7.64. The lowest BCUT2D eigenvalue weighted by Crippen LogP contribution is -2.37. The number of carbonyl (C=O) groups is 1. The molecule has 0 saturated carbocycles. The molecule has 1 fully saturated rings. The van der Waals surface area contributed by atoms with Crippen molar-refractivity contribution in [3.8, 4) is 6.01 Å². The predicted octanol–water partition coefficient (Wildman–Crippen LogP) is 0.184. The third-order valence-electron chi connectivity index (χ3n) is 2.12. The third-order valence-corrected chi connectivity index (χ3v) is 2.12. The maximum Gasteiger partial charge on any atom is 0.417 e. The second-order valence-electron chi connectivity index (χ2n) is 3.11. The van der Waals surface area contributed by atoms with Crippen LogP contribution in [0.5, 0.6) is 6.01 Å². The van der Waals surface area contributed by atoms with Crippen LogP contribution in [0.2, 0.25) is 0 Å². The highest BCUT2D eigenvalue weighted by Crippen LogP contribution is 2.10. The SMILES string of the molecule is O=C(Oc1nn[nH]n1)N1CCCCC1. The van der Waals surface area contributed by atoms with Crippen LogP contribution >= 0.6 is 0 Å². The topological polar surface area (TPSA) is 84.0 Å². The van der Waals surface area contributed by atoms with Gasteiger partial charge in [0.05, 0.1) is 0 Å². The van der Waals surface area contributed by atoms with Crippen molar-refractivity contribution in [2.75, 3.05) is 13.1 Å². The van der Waals surface area contributed by atoms with Crippen LogP contribution < -0.4 is 4.74 Å². The van der Waals surface area contributed by atoms with Gasteiger partial charge in [-0.05, 0) is 24.5 Å². The summed E-state index contributed by atoms with van der Waals surface area (Å²) in [5.74, 6) is 0. The van der Waals surface area contributed by atoms with Gasteiger partial charge in [0.2, 0.25) is 0 Å². The summed E-state index contributed by atoms with van der Waals surface area (Å²) in [6, 6.07) is -0.0272. The summed E-state index contributed by atoms with van der Waals surface area (Å²) in [5, 5.41) is 12.6. The van der Waals surface area contributed by atoms with E-state index in [9.17, 15) is 4.79 Å². The molecule has 2 heterocycles. The molecule has 1 aromatic heterocycles. The molecule has 0 radical (unpaired) electrons. The van der Waals surface area contributed by atoms with Crippen LogP contribution in [0.3, 0.4) is 0 Å². The van der Waals surface area contributed by atoms with Gasteiger partial charge < -0.3 is 9.64 Å². The quantitative estimate of drug-likeness (QED) is 0.694. The molecule has 76 valence electrons. The fourth-order valence-corrected chi connectivity index (χ4v) is 1.41. The van der Waals surface area contributed by atoms with Gasteiger partial charge in [-0.25, -0.2) is 4.79 Å². The number of piperidine rings is 1. The Morgan fingerprint density at radius 3 is 2.79 bits per heavy atom. The fraction of sp³-hybridized carbons (Fsp3) is 0.714. The Morgan fingerprint density at radius 1 is 1.36 bits per heavy atom. The Kier molecular flexibility index (Phi) is 2.57. The zero-order valence-electron chi connectivity index (χ0n) is 7.64. The molecule has 0 unspecified atom stereocenters. The molecule has 7 nitrogen and oxygen atoms in total. The molecule has 1 amide bonds. The molecular weight excluding hydrogens is 186 g/mol. The maximum atomic E-state index is 11.4. The van der Waals surface area contributed by atoms with Gasteiger partial charge in [0.25, 0.3) is 0 Å². The first-order valence-corrected chi connectivity index (χ1v) is 4.56. The van der Waals surface area contributed by atoms with Crippen LogP contribution in [0.1, 0.15) is 19.3 Å². The van der Waals surface area contributed by atoms with E-state index in [4.69, 9.17) is 4.74 Å². The highest BCUT2D eigenvalue weighted by molar-refractivity contribution is 5.69. The normalized spacial score (nSPS) is 16.7. The second-order valence-corrected chi connectivity index (χ2v) is 3.11. The number of hydrogen-bond donors (Lipinski definition) is 1. The number of nitrogens with one attached hydrogen (secondary N) is 1. The Balaban J connectivity index is 1.88. The zero-order chi connectivity index (χ0) is 9.80. The highest BCUT2D eigenvalue weighted by atomic mass is 16.6. The summed E-state index contributed by atoms with van der Waals surface area (Å²) in [7, 11) is 0. The molecule has 0 spiro atoms. The average Bonchev–Trinajstić information content (AvgIpc) is 2.72. The van der Waals surface area contributed by atoms with Crippen molar-refractivity contribution in [3.63, 3.8) is 0 Å². The van der Waals surface area contributed by atoms with Crippen LogP contribution in [0.15, 0.2) is 0 Å². The second kappa shape index (κ2) is 4.03. The van der Waals surface area contributed by atoms with Crippen LogP contribution in [-0.4, -0.2) is 44.7 Å². The lowest BCUT2D eigenvalue weighted by Gasteiger charge is -2.24. The number of aromatic amines is 1. The van der Waals surface area contributed by atoms with E-state index in [2.05, 4.69) is 20.6 Å². The van der Waals surface area contributed by atoms with Crippen molar-refractivity contribution < 1.29 is 9.53 Å².